The quantitative estimate of drug-likeness (QED) is 0.608. The molecule has 1 aliphatic carbocycles. The Morgan fingerprint density at radius 1 is 1.39 bits per heavy atom. The summed E-state index contributed by atoms with van der Waals surface area (Å²) in [5.41, 5.74) is 0. The van der Waals surface area contributed by atoms with Crippen molar-refractivity contribution in [1.82, 2.24) is 10.2 Å². The Morgan fingerprint density at radius 2 is 2.13 bits per heavy atom. The number of carbonyl (C=O) groups excluding carboxylic acids is 3. The van der Waals surface area contributed by atoms with E-state index in [0.717, 1.165) is 19.3 Å². The minimum Gasteiger partial charge on any atom is -0.463 e. The Labute approximate surface area is 141 Å². The molecule has 1 heterocycles. The molecule has 2 amide bonds. The molecule has 7 heteroatoms. The van der Waals surface area contributed by atoms with E-state index in [1.54, 1.807) is 6.92 Å². The number of rotatable bonds is 5. The zero-order valence-corrected chi connectivity index (χ0v) is 14.5. The molecular formula is C16H24N2O4S. The maximum atomic E-state index is 12.3. The highest BCUT2D eigenvalue weighted by Gasteiger charge is 2.30. The van der Waals surface area contributed by atoms with Gasteiger partial charge in [0.25, 0.3) is 0 Å². The lowest BCUT2D eigenvalue weighted by molar-refractivity contribution is -0.137. The van der Waals surface area contributed by atoms with Crippen LogP contribution in [0.1, 0.15) is 39.5 Å². The molecule has 0 bridgehead atoms. The fourth-order valence-electron chi connectivity index (χ4n) is 2.91. The number of nitrogens with zero attached hydrogens (tertiary/aromatic N) is 1. The molecule has 0 aromatic carbocycles. The average molecular weight is 340 g/mol. The van der Waals surface area contributed by atoms with Crippen LogP contribution in [0.5, 0.6) is 0 Å². The van der Waals surface area contributed by atoms with Gasteiger partial charge in [-0.05, 0) is 25.7 Å². The minimum atomic E-state index is -0.490. The molecule has 23 heavy (non-hydrogen) atoms. The van der Waals surface area contributed by atoms with Gasteiger partial charge in [-0.15, -0.1) is 0 Å². The zero-order chi connectivity index (χ0) is 16.8. The number of carbonyl (C=O) groups is 3. The van der Waals surface area contributed by atoms with Crippen molar-refractivity contribution < 1.29 is 19.1 Å². The second-order valence-electron chi connectivity index (χ2n) is 5.94. The van der Waals surface area contributed by atoms with E-state index < -0.39 is 5.97 Å². The van der Waals surface area contributed by atoms with Crippen molar-refractivity contribution in [2.24, 2.45) is 5.92 Å². The second kappa shape index (κ2) is 8.38. The van der Waals surface area contributed by atoms with Crippen LogP contribution in [-0.2, 0) is 19.1 Å². The highest BCUT2D eigenvalue weighted by atomic mass is 32.2. The van der Waals surface area contributed by atoms with Crippen molar-refractivity contribution >= 4 is 29.5 Å². The Kier molecular flexibility index (Phi) is 6.50. The maximum absolute atomic E-state index is 12.3. The third kappa shape index (κ3) is 4.99. The van der Waals surface area contributed by atoms with E-state index in [4.69, 9.17) is 4.74 Å². The molecule has 1 saturated heterocycles. The zero-order valence-electron chi connectivity index (χ0n) is 13.7. The number of thioether (sulfide) groups is 1. The van der Waals surface area contributed by atoms with E-state index in [9.17, 15) is 14.4 Å². The molecule has 2 fully saturated rings. The SMILES string of the molecule is CCOC(=O)/C=C1\SCC(=O)N1CC(=O)N[C@H]1CCCC[C@H]1C. The van der Waals surface area contributed by atoms with Gasteiger partial charge in [0.1, 0.15) is 6.54 Å². The summed E-state index contributed by atoms with van der Waals surface area (Å²) in [4.78, 5) is 37.1. The Bertz CT molecular complexity index is 506. The molecule has 2 rings (SSSR count). The van der Waals surface area contributed by atoms with E-state index in [1.807, 2.05) is 0 Å². The molecule has 1 aliphatic heterocycles. The largest absolute Gasteiger partial charge is 0.463 e. The second-order valence-corrected chi connectivity index (χ2v) is 6.93. The molecule has 2 atom stereocenters. The first-order valence-corrected chi connectivity index (χ1v) is 9.10. The molecule has 0 aromatic rings. The van der Waals surface area contributed by atoms with Crippen molar-refractivity contribution in [3.63, 3.8) is 0 Å². The first kappa shape index (κ1) is 17.8. The summed E-state index contributed by atoms with van der Waals surface area (Å²) >= 11 is 1.26. The highest BCUT2D eigenvalue weighted by Crippen LogP contribution is 2.29. The number of nitrogens with one attached hydrogen (secondary N) is 1. The van der Waals surface area contributed by atoms with Crippen LogP contribution in [0.4, 0.5) is 0 Å². The number of esters is 1. The van der Waals surface area contributed by atoms with E-state index in [1.165, 1.54) is 29.2 Å². The normalized spacial score (nSPS) is 26.4. The van der Waals surface area contributed by atoms with Crippen LogP contribution >= 0.6 is 11.8 Å². The number of amides is 2. The van der Waals surface area contributed by atoms with E-state index in [0.29, 0.717) is 10.9 Å². The van der Waals surface area contributed by atoms with Crippen LogP contribution in [0, 0.1) is 5.92 Å². The van der Waals surface area contributed by atoms with Crippen molar-refractivity contribution in [2.45, 2.75) is 45.6 Å². The number of ether oxygens (including phenoxy) is 1. The van der Waals surface area contributed by atoms with Crippen LogP contribution in [0.25, 0.3) is 0 Å². The van der Waals surface area contributed by atoms with Gasteiger partial charge in [-0.2, -0.15) is 0 Å². The van der Waals surface area contributed by atoms with Crippen molar-refractivity contribution in [3.05, 3.63) is 11.1 Å². The van der Waals surface area contributed by atoms with Gasteiger partial charge in [-0.3, -0.25) is 14.5 Å². The minimum absolute atomic E-state index is 0.0414. The van der Waals surface area contributed by atoms with Crippen molar-refractivity contribution in [2.75, 3.05) is 18.9 Å². The summed E-state index contributed by atoms with van der Waals surface area (Å²) in [7, 11) is 0. The van der Waals surface area contributed by atoms with Gasteiger partial charge >= 0.3 is 5.97 Å². The molecule has 1 N–H and O–H groups in total. The van der Waals surface area contributed by atoms with E-state index in [-0.39, 0.29) is 36.8 Å². The molecule has 6 nitrogen and oxygen atoms in total. The van der Waals surface area contributed by atoms with Gasteiger partial charge in [-0.1, -0.05) is 31.5 Å². The number of hydrogen-bond acceptors (Lipinski definition) is 5. The van der Waals surface area contributed by atoms with Gasteiger partial charge in [-0.25, -0.2) is 4.79 Å². The standard InChI is InChI=1S/C16H24N2O4S/c1-3-22-16(21)8-15-18(14(20)10-23-15)9-13(19)17-12-7-5-4-6-11(12)2/h8,11-12H,3-7,9-10H2,1-2H3,(H,17,19)/b15-8-/t11-,12+/m1/s1. The van der Waals surface area contributed by atoms with Crippen LogP contribution in [0.2, 0.25) is 0 Å². The lowest BCUT2D eigenvalue weighted by Gasteiger charge is -2.30. The summed E-state index contributed by atoms with van der Waals surface area (Å²) in [6.07, 6.45) is 5.73. The summed E-state index contributed by atoms with van der Waals surface area (Å²) in [5.74, 6) is -0.105. The fourth-order valence-corrected chi connectivity index (χ4v) is 3.84. The molecule has 0 radical (unpaired) electrons. The maximum Gasteiger partial charge on any atom is 0.333 e. The van der Waals surface area contributed by atoms with Gasteiger partial charge in [0.05, 0.1) is 23.5 Å². The fraction of sp³-hybridized carbons (Fsp3) is 0.688. The Balaban J connectivity index is 1.94. The lowest BCUT2D eigenvalue weighted by atomic mass is 9.86. The van der Waals surface area contributed by atoms with Crippen LogP contribution in [0.15, 0.2) is 11.1 Å². The van der Waals surface area contributed by atoms with E-state index in [2.05, 4.69) is 12.2 Å². The third-order valence-corrected chi connectivity index (χ3v) is 5.22. The summed E-state index contributed by atoms with van der Waals surface area (Å²) < 4.78 is 4.86. The highest BCUT2D eigenvalue weighted by molar-refractivity contribution is 8.04. The summed E-state index contributed by atoms with van der Waals surface area (Å²) in [6, 6.07) is 0.180. The van der Waals surface area contributed by atoms with Crippen molar-refractivity contribution in [3.8, 4) is 0 Å². The van der Waals surface area contributed by atoms with E-state index >= 15 is 0 Å². The lowest BCUT2D eigenvalue weighted by Crippen LogP contribution is -2.45. The van der Waals surface area contributed by atoms with Gasteiger partial charge in [0.15, 0.2) is 0 Å². The van der Waals surface area contributed by atoms with Gasteiger partial charge in [0.2, 0.25) is 11.8 Å². The average Bonchev–Trinajstić information content (AvgIpc) is 2.83. The predicted octanol–water partition coefficient (Wildman–Crippen LogP) is 1.66. The predicted molar refractivity (Wildman–Crippen MR) is 88.4 cm³/mol. The first-order chi connectivity index (χ1) is 11.0. The summed E-state index contributed by atoms with van der Waals surface area (Å²) in [5, 5.41) is 3.52. The smallest absolute Gasteiger partial charge is 0.333 e. The van der Waals surface area contributed by atoms with Crippen LogP contribution in [0.3, 0.4) is 0 Å². The monoisotopic (exact) mass is 340 g/mol. The Hall–Kier alpha value is -1.50. The van der Waals surface area contributed by atoms with Crippen molar-refractivity contribution in [1.29, 1.82) is 0 Å². The molecule has 0 aromatic heterocycles. The molecule has 2 aliphatic rings. The molecule has 0 unspecified atom stereocenters. The topological polar surface area (TPSA) is 75.7 Å². The number of hydrogen-bond donors (Lipinski definition) is 1. The van der Waals surface area contributed by atoms with Gasteiger partial charge in [0, 0.05) is 6.04 Å². The molecular weight excluding hydrogens is 316 g/mol. The van der Waals surface area contributed by atoms with Crippen LogP contribution in [-0.4, -0.2) is 47.6 Å². The van der Waals surface area contributed by atoms with Gasteiger partial charge < -0.3 is 10.1 Å². The third-order valence-electron chi connectivity index (χ3n) is 4.20. The van der Waals surface area contributed by atoms with Crippen LogP contribution < -0.4 is 5.32 Å². The first-order valence-electron chi connectivity index (χ1n) is 8.12. The summed E-state index contributed by atoms with van der Waals surface area (Å²) in [6.45, 7) is 4.11. The Morgan fingerprint density at radius 3 is 2.83 bits per heavy atom. The molecule has 0 spiro atoms. The molecule has 128 valence electrons. The molecule has 1 saturated carbocycles.